The van der Waals surface area contributed by atoms with Crippen molar-refractivity contribution in [2.45, 2.75) is 0 Å². The summed E-state index contributed by atoms with van der Waals surface area (Å²) in [4.78, 5) is 21.8. The number of methoxy groups -OCH3 is 1. The maximum atomic E-state index is 11.7. The molecule has 0 aliphatic carbocycles. The average molecular weight is 455 g/mol. The molecule has 0 atom stereocenters. The third-order valence-corrected chi connectivity index (χ3v) is 3.82. The number of rotatable bonds is 7. The quantitative estimate of drug-likeness (QED) is 0.300. The molecule has 0 saturated carbocycles. The Hall–Kier alpha value is -2.69. The molecule has 9 heteroatoms. The van der Waals surface area contributed by atoms with Crippen molar-refractivity contribution in [1.29, 1.82) is 0 Å². The number of hydrogen-bond donors (Lipinski definition) is 1. The fourth-order valence-electron chi connectivity index (χ4n) is 1.81. The van der Waals surface area contributed by atoms with Gasteiger partial charge in [-0.2, -0.15) is 5.10 Å². The summed E-state index contributed by atoms with van der Waals surface area (Å²) in [5.74, 6) is 0.510. The van der Waals surface area contributed by atoms with Gasteiger partial charge in [-0.3, -0.25) is 14.9 Å². The zero-order valence-corrected chi connectivity index (χ0v) is 15.3. The van der Waals surface area contributed by atoms with Crippen LogP contribution in [0.3, 0.4) is 0 Å². The van der Waals surface area contributed by atoms with Crippen molar-refractivity contribution in [2.24, 2.45) is 5.10 Å². The first-order valence-corrected chi connectivity index (χ1v) is 8.10. The van der Waals surface area contributed by atoms with Gasteiger partial charge in [0.05, 0.1) is 27.9 Å². The highest BCUT2D eigenvalue weighted by Crippen LogP contribution is 2.21. The molecule has 8 nitrogen and oxygen atoms in total. The predicted octanol–water partition coefficient (Wildman–Crippen LogP) is 2.74. The zero-order chi connectivity index (χ0) is 18.2. The second-order valence-electron chi connectivity index (χ2n) is 4.73. The van der Waals surface area contributed by atoms with Gasteiger partial charge in [0.2, 0.25) is 0 Å². The van der Waals surface area contributed by atoms with Gasteiger partial charge in [-0.1, -0.05) is 6.07 Å². The third kappa shape index (κ3) is 5.71. The normalized spacial score (nSPS) is 10.5. The van der Waals surface area contributed by atoms with Crippen LogP contribution in [0.4, 0.5) is 5.69 Å². The first-order chi connectivity index (χ1) is 12.0. The van der Waals surface area contributed by atoms with Gasteiger partial charge in [0.1, 0.15) is 11.5 Å². The van der Waals surface area contributed by atoms with Crippen molar-refractivity contribution in [3.63, 3.8) is 0 Å². The molecule has 0 aliphatic rings. The highest BCUT2D eigenvalue weighted by atomic mass is 127. The molecule has 2 rings (SSSR count). The second-order valence-corrected chi connectivity index (χ2v) is 5.89. The van der Waals surface area contributed by atoms with E-state index in [9.17, 15) is 14.9 Å². The van der Waals surface area contributed by atoms with E-state index in [0.717, 1.165) is 14.9 Å². The van der Waals surface area contributed by atoms with Crippen LogP contribution in [0.1, 0.15) is 5.56 Å². The number of halogens is 1. The summed E-state index contributed by atoms with van der Waals surface area (Å²) in [6, 6.07) is 11.1. The Bertz CT molecular complexity index is 810. The summed E-state index contributed by atoms with van der Waals surface area (Å²) in [5, 5.41) is 14.5. The van der Waals surface area contributed by atoms with Gasteiger partial charge in [-0.25, -0.2) is 5.43 Å². The number of amides is 1. The molecule has 0 aromatic heterocycles. The lowest BCUT2D eigenvalue weighted by molar-refractivity contribution is -0.384. The lowest BCUT2D eigenvalue weighted by Gasteiger charge is -2.05. The molecular formula is C16H14IN3O5. The molecule has 0 heterocycles. The molecule has 1 N–H and O–H groups in total. The molecule has 0 radical (unpaired) electrons. The highest BCUT2D eigenvalue weighted by molar-refractivity contribution is 14.1. The minimum atomic E-state index is -0.534. The number of nitrogens with one attached hydrogen (secondary N) is 1. The number of nitro benzene ring substituents is 1. The molecule has 1 amide bonds. The zero-order valence-electron chi connectivity index (χ0n) is 13.1. The molecule has 0 saturated heterocycles. The van der Waals surface area contributed by atoms with Crippen LogP contribution in [-0.4, -0.2) is 30.8 Å². The van der Waals surface area contributed by atoms with Crippen molar-refractivity contribution >= 4 is 40.4 Å². The fraction of sp³-hybridized carbons (Fsp3) is 0.125. The van der Waals surface area contributed by atoms with Crippen molar-refractivity contribution in [1.82, 2.24) is 5.43 Å². The van der Waals surface area contributed by atoms with Gasteiger partial charge in [0, 0.05) is 6.07 Å². The molecule has 0 fully saturated rings. The first-order valence-electron chi connectivity index (χ1n) is 7.02. The van der Waals surface area contributed by atoms with Crippen LogP contribution in [0.5, 0.6) is 11.5 Å². The summed E-state index contributed by atoms with van der Waals surface area (Å²) in [5.41, 5.74) is 3.01. The number of ether oxygens (including phenoxy) is 2. The second kappa shape index (κ2) is 8.97. The molecule has 0 unspecified atom stereocenters. The Morgan fingerprint density at radius 2 is 2.16 bits per heavy atom. The lowest BCUT2D eigenvalue weighted by atomic mass is 10.2. The SMILES string of the molecule is COc1ccc(/C=N/NC(=O)COc2cccc([N+](=O)[O-])c2)cc1I. The largest absolute Gasteiger partial charge is 0.496 e. The van der Waals surface area contributed by atoms with Gasteiger partial charge in [-0.15, -0.1) is 0 Å². The fourth-order valence-corrected chi connectivity index (χ4v) is 2.57. The maximum Gasteiger partial charge on any atom is 0.277 e. The van der Waals surface area contributed by atoms with Gasteiger partial charge < -0.3 is 9.47 Å². The molecule has 0 spiro atoms. The molecule has 2 aromatic carbocycles. The van der Waals surface area contributed by atoms with Gasteiger partial charge in [-0.05, 0) is 52.4 Å². The van der Waals surface area contributed by atoms with E-state index in [1.807, 2.05) is 6.07 Å². The topological polar surface area (TPSA) is 103 Å². The summed E-state index contributed by atoms with van der Waals surface area (Å²) < 4.78 is 11.3. The number of carbonyl (C=O) groups excluding carboxylic acids is 1. The Morgan fingerprint density at radius 3 is 2.84 bits per heavy atom. The van der Waals surface area contributed by atoms with Gasteiger partial charge in [0.25, 0.3) is 11.6 Å². The van der Waals surface area contributed by atoms with E-state index in [0.29, 0.717) is 0 Å². The number of nitro groups is 1. The number of carbonyl (C=O) groups is 1. The Morgan fingerprint density at radius 1 is 1.36 bits per heavy atom. The smallest absolute Gasteiger partial charge is 0.277 e. The van der Waals surface area contributed by atoms with Crippen LogP contribution >= 0.6 is 22.6 Å². The number of hydrazone groups is 1. The molecule has 2 aromatic rings. The Balaban J connectivity index is 1.85. The minimum Gasteiger partial charge on any atom is -0.496 e. The van der Waals surface area contributed by atoms with Crippen LogP contribution in [0.15, 0.2) is 47.6 Å². The van der Waals surface area contributed by atoms with E-state index in [-0.39, 0.29) is 18.0 Å². The summed E-state index contributed by atoms with van der Waals surface area (Å²) in [6.07, 6.45) is 1.49. The summed E-state index contributed by atoms with van der Waals surface area (Å²) in [6.45, 7) is -0.307. The highest BCUT2D eigenvalue weighted by Gasteiger charge is 2.08. The van der Waals surface area contributed by atoms with Crippen LogP contribution in [-0.2, 0) is 4.79 Å². The summed E-state index contributed by atoms with van der Waals surface area (Å²) >= 11 is 2.14. The Kier molecular flexibility index (Phi) is 6.69. The molecule has 0 aliphatic heterocycles. The van der Waals surface area contributed by atoms with E-state index < -0.39 is 10.8 Å². The molecule has 130 valence electrons. The molecule has 0 bridgehead atoms. The number of benzene rings is 2. The van der Waals surface area contributed by atoms with Crippen molar-refractivity contribution in [2.75, 3.05) is 13.7 Å². The van der Waals surface area contributed by atoms with E-state index in [1.165, 1.54) is 30.5 Å². The maximum absolute atomic E-state index is 11.7. The van der Waals surface area contributed by atoms with Gasteiger partial charge in [0.15, 0.2) is 6.61 Å². The number of hydrogen-bond acceptors (Lipinski definition) is 6. The van der Waals surface area contributed by atoms with E-state index in [2.05, 4.69) is 33.1 Å². The average Bonchev–Trinajstić information content (AvgIpc) is 2.60. The summed E-state index contributed by atoms with van der Waals surface area (Å²) in [7, 11) is 1.59. The van der Waals surface area contributed by atoms with Crippen molar-refractivity contribution < 1.29 is 19.2 Å². The molecule has 25 heavy (non-hydrogen) atoms. The minimum absolute atomic E-state index is 0.106. The lowest BCUT2D eigenvalue weighted by Crippen LogP contribution is -2.24. The number of nitrogens with zero attached hydrogens (tertiary/aromatic N) is 2. The van der Waals surface area contributed by atoms with Gasteiger partial charge >= 0.3 is 0 Å². The van der Waals surface area contributed by atoms with Crippen LogP contribution in [0, 0.1) is 13.7 Å². The van der Waals surface area contributed by atoms with E-state index in [4.69, 9.17) is 9.47 Å². The standard InChI is InChI=1S/C16H14IN3O5/c1-24-15-6-5-11(7-14(15)17)9-18-19-16(21)10-25-13-4-2-3-12(8-13)20(22)23/h2-9H,10H2,1H3,(H,19,21)/b18-9+. The predicted molar refractivity (Wildman–Crippen MR) is 100 cm³/mol. The number of non-ortho nitro benzene ring substituents is 1. The first kappa shape index (κ1) is 18.6. The van der Waals surface area contributed by atoms with E-state index >= 15 is 0 Å². The van der Waals surface area contributed by atoms with Crippen molar-refractivity contribution in [3.8, 4) is 11.5 Å². The monoisotopic (exact) mass is 455 g/mol. The third-order valence-electron chi connectivity index (χ3n) is 2.98. The van der Waals surface area contributed by atoms with Crippen LogP contribution in [0.2, 0.25) is 0 Å². The van der Waals surface area contributed by atoms with Crippen LogP contribution in [0.25, 0.3) is 0 Å². The molecular weight excluding hydrogens is 441 g/mol. The Labute approximate surface area is 157 Å². The van der Waals surface area contributed by atoms with Crippen LogP contribution < -0.4 is 14.9 Å². The van der Waals surface area contributed by atoms with Crippen molar-refractivity contribution in [3.05, 3.63) is 61.7 Å². The van der Waals surface area contributed by atoms with E-state index in [1.54, 1.807) is 19.2 Å².